The quantitative estimate of drug-likeness (QED) is 0.789. The van der Waals surface area contributed by atoms with E-state index in [1.807, 2.05) is 17.8 Å². The van der Waals surface area contributed by atoms with Crippen molar-refractivity contribution in [2.24, 2.45) is 7.05 Å². The number of aromatic nitrogens is 2. The van der Waals surface area contributed by atoms with Crippen LogP contribution in [0.2, 0.25) is 0 Å². The number of nitrogens with zero attached hydrogens (tertiary/aromatic N) is 2. The number of carbonyl (C=O) groups is 1. The zero-order chi connectivity index (χ0) is 13.5. The van der Waals surface area contributed by atoms with Gasteiger partial charge in [0.15, 0.2) is 0 Å². The SMILES string of the molecule is Cn1ccnc1CNCC(=O)NC1CCCCCC1. The number of carbonyl (C=O) groups excluding carboxylic acids is 1. The molecule has 1 fully saturated rings. The van der Waals surface area contributed by atoms with E-state index in [-0.39, 0.29) is 5.91 Å². The Hall–Kier alpha value is -1.36. The standard InChI is InChI=1S/C14H24N4O/c1-18-9-8-16-13(18)10-15-11-14(19)17-12-6-4-2-3-5-7-12/h8-9,12,15H,2-7,10-11H2,1H3,(H,17,19). The number of imidazole rings is 1. The molecule has 1 aromatic heterocycles. The average Bonchev–Trinajstić information content (AvgIpc) is 2.65. The van der Waals surface area contributed by atoms with Crippen LogP contribution >= 0.6 is 0 Å². The monoisotopic (exact) mass is 264 g/mol. The molecule has 2 N–H and O–H groups in total. The molecule has 5 nitrogen and oxygen atoms in total. The Balaban J connectivity index is 1.65. The van der Waals surface area contributed by atoms with Gasteiger partial charge in [-0.05, 0) is 12.8 Å². The molecule has 1 aliphatic carbocycles. The summed E-state index contributed by atoms with van der Waals surface area (Å²) in [6.45, 7) is 0.991. The predicted molar refractivity (Wildman–Crippen MR) is 74.5 cm³/mol. The molecule has 19 heavy (non-hydrogen) atoms. The van der Waals surface area contributed by atoms with E-state index in [2.05, 4.69) is 15.6 Å². The van der Waals surface area contributed by atoms with Gasteiger partial charge in [-0.3, -0.25) is 4.79 Å². The van der Waals surface area contributed by atoms with Gasteiger partial charge in [-0.2, -0.15) is 0 Å². The molecule has 0 radical (unpaired) electrons. The van der Waals surface area contributed by atoms with Crippen molar-refractivity contribution in [3.8, 4) is 0 Å². The molecule has 0 saturated heterocycles. The van der Waals surface area contributed by atoms with Gasteiger partial charge in [-0.1, -0.05) is 25.7 Å². The van der Waals surface area contributed by atoms with Gasteiger partial charge in [-0.15, -0.1) is 0 Å². The highest BCUT2D eigenvalue weighted by molar-refractivity contribution is 5.78. The molecule has 0 aliphatic heterocycles. The third-order valence-electron chi connectivity index (χ3n) is 3.71. The van der Waals surface area contributed by atoms with Crippen molar-refractivity contribution in [1.82, 2.24) is 20.2 Å². The lowest BCUT2D eigenvalue weighted by atomic mass is 10.1. The first-order valence-corrected chi connectivity index (χ1v) is 7.22. The Morgan fingerprint density at radius 2 is 2.11 bits per heavy atom. The Labute approximate surface area is 114 Å². The van der Waals surface area contributed by atoms with Gasteiger partial charge in [0.25, 0.3) is 0 Å². The number of nitrogens with one attached hydrogen (secondary N) is 2. The number of hydrogen-bond donors (Lipinski definition) is 2. The van der Waals surface area contributed by atoms with Gasteiger partial charge in [0.2, 0.25) is 5.91 Å². The fraction of sp³-hybridized carbons (Fsp3) is 0.714. The minimum atomic E-state index is 0.0982. The van der Waals surface area contributed by atoms with E-state index in [1.165, 1.54) is 25.7 Å². The van der Waals surface area contributed by atoms with Gasteiger partial charge in [0.1, 0.15) is 5.82 Å². The summed E-state index contributed by atoms with van der Waals surface area (Å²) < 4.78 is 1.95. The maximum Gasteiger partial charge on any atom is 0.234 e. The fourth-order valence-corrected chi connectivity index (χ4v) is 2.56. The third-order valence-corrected chi connectivity index (χ3v) is 3.71. The zero-order valence-corrected chi connectivity index (χ0v) is 11.7. The Morgan fingerprint density at radius 3 is 2.74 bits per heavy atom. The molecular weight excluding hydrogens is 240 g/mol. The maximum absolute atomic E-state index is 11.8. The van der Waals surface area contributed by atoms with Crippen LogP contribution in [0.25, 0.3) is 0 Å². The minimum absolute atomic E-state index is 0.0982. The third kappa shape index (κ3) is 4.67. The first kappa shape index (κ1) is 14.1. The molecular formula is C14H24N4O. The van der Waals surface area contributed by atoms with E-state index in [0.29, 0.717) is 19.1 Å². The summed E-state index contributed by atoms with van der Waals surface area (Å²) in [5.41, 5.74) is 0. The van der Waals surface area contributed by atoms with Crippen LogP contribution in [0, 0.1) is 0 Å². The van der Waals surface area contributed by atoms with Crippen LogP contribution in [-0.2, 0) is 18.4 Å². The summed E-state index contributed by atoms with van der Waals surface area (Å²) in [5, 5.41) is 6.26. The van der Waals surface area contributed by atoms with Crippen molar-refractivity contribution in [3.63, 3.8) is 0 Å². The van der Waals surface area contributed by atoms with Crippen LogP contribution in [0.15, 0.2) is 12.4 Å². The second-order valence-corrected chi connectivity index (χ2v) is 5.31. The Bertz CT molecular complexity index is 394. The molecule has 0 spiro atoms. The van der Waals surface area contributed by atoms with E-state index in [4.69, 9.17) is 0 Å². The lowest BCUT2D eigenvalue weighted by Crippen LogP contribution is -2.40. The van der Waals surface area contributed by atoms with Gasteiger partial charge in [0.05, 0.1) is 13.1 Å². The maximum atomic E-state index is 11.8. The molecule has 2 rings (SSSR count). The highest BCUT2D eigenvalue weighted by Gasteiger charge is 2.14. The van der Waals surface area contributed by atoms with E-state index in [0.717, 1.165) is 18.7 Å². The predicted octanol–water partition coefficient (Wildman–Crippen LogP) is 1.35. The molecule has 5 heteroatoms. The van der Waals surface area contributed by atoms with Crippen molar-refractivity contribution in [2.45, 2.75) is 51.1 Å². The molecule has 0 atom stereocenters. The van der Waals surface area contributed by atoms with E-state index < -0.39 is 0 Å². The summed E-state index contributed by atoms with van der Waals surface area (Å²) in [6, 6.07) is 0.380. The largest absolute Gasteiger partial charge is 0.352 e. The highest BCUT2D eigenvalue weighted by Crippen LogP contribution is 2.16. The van der Waals surface area contributed by atoms with Crippen molar-refractivity contribution < 1.29 is 4.79 Å². The van der Waals surface area contributed by atoms with Crippen LogP contribution in [0.5, 0.6) is 0 Å². The van der Waals surface area contributed by atoms with E-state index in [9.17, 15) is 4.79 Å². The van der Waals surface area contributed by atoms with Crippen molar-refractivity contribution in [2.75, 3.05) is 6.54 Å². The summed E-state index contributed by atoms with van der Waals surface area (Å²) in [6.07, 6.45) is 11.0. The summed E-state index contributed by atoms with van der Waals surface area (Å²) in [5.74, 6) is 1.04. The van der Waals surface area contributed by atoms with Gasteiger partial charge >= 0.3 is 0 Å². The van der Waals surface area contributed by atoms with Crippen LogP contribution in [0.4, 0.5) is 0 Å². The van der Waals surface area contributed by atoms with Crippen molar-refractivity contribution in [3.05, 3.63) is 18.2 Å². The lowest BCUT2D eigenvalue weighted by molar-refractivity contribution is -0.121. The smallest absolute Gasteiger partial charge is 0.234 e. The van der Waals surface area contributed by atoms with E-state index in [1.54, 1.807) is 6.20 Å². The molecule has 0 aromatic carbocycles. The van der Waals surface area contributed by atoms with Gasteiger partial charge in [-0.25, -0.2) is 4.98 Å². The lowest BCUT2D eigenvalue weighted by Gasteiger charge is -2.16. The Morgan fingerprint density at radius 1 is 1.37 bits per heavy atom. The minimum Gasteiger partial charge on any atom is -0.352 e. The molecule has 1 amide bonds. The second-order valence-electron chi connectivity index (χ2n) is 5.31. The summed E-state index contributed by atoms with van der Waals surface area (Å²) >= 11 is 0. The van der Waals surface area contributed by atoms with Crippen LogP contribution < -0.4 is 10.6 Å². The van der Waals surface area contributed by atoms with Gasteiger partial charge in [0, 0.05) is 25.5 Å². The first-order chi connectivity index (χ1) is 9.25. The number of rotatable bonds is 5. The molecule has 1 aromatic rings. The molecule has 106 valence electrons. The highest BCUT2D eigenvalue weighted by atomic mass is 16.1. The molecule has 1 heterocycles. The van der Waals surface area contributed by atoms with E-state index >= 15 is 0 Å². The van der Waals surface area contributed by atoms with Crippen molar-refractivity contribution >= 4 is 5.91 Å². The first-order valence-electron chi connectivity index (χ1n) is 7.22. The van der Waals surface area contributed by atoms with Crippen LogP contribution in [0.1, 0.15) is 44.3 Å². The normalized spacial score (nSPS) is 17.1. The topological polar surface area (TPSA) is 59.0 Å². The fourth-order valence-electron chi connectivity index (χ4n) is 2.56. The van der Waals surface area contributed by atoms with Crippen LogP contribution in [0.3, 0.4) is 0 Å². The second kappa shape index (κ2) is 7.28. The number of aryl methyl sites for hydroxylation is 1. The zero-order valence-electron chi connectivity index (χ0n) is 11.7. The molecule has 1 aliphatic rings. The van der Waals surface area contributed by atoms with Crippen molar-refractivity contribution in [1.29, 1.82) is 0 Å². The number of hydrogen-bond acceptors (Lipinski definition) is 3. The molecule has 0 unspecified atom stereocenters. The van der Waals surface area contributed by atoms with Crippen LogP contribution in [-0.4, -0.2) is 28.0 Å². The molecule has 1 saturated carbocycles. The average molecular weight is 264 g/mol. The number of amides is 1. The summed E-state index contributed by atoms with van der Waals surface area (Å²) in [7, 11) is 1.95. The molecule has 0 bridgehead atoms. The summed E-state index contributed by atoms with van der Waals surface area (Å²) in [4.78, 5) is 16.0. The Kier molecular flexibility index (Phi) is 5.39. The van der Waals surface area contributed by atoms with Gasteiger partial charge < -0.3 is 15.2 Å².